The van der Waals surface area contributed by atoms with Gasteiger partial charge in [-0.2, -0.15) is 0 Å². The third kappa shape index (κ3) is 4.36. The van der Waals surface area contributed by atoms with E-state index in [1.807, 2.05) is 47.8 Å². The van der Waals surface area contributed by atoms with E-state index in [0.29, 0.717) is 29.4 Å². The lowest BCUT2D eigenvalue weighted by Crippen LogP contribution is -2.29. The topological polar surface area (TPSA) is 76.1 Å². The summed E-state index contributed by atoms with van der Waals surface area (Å²) in [4.78, 5) is 28.7. The number of hydrogen-bond donors (Lipinski definition) is 1. The number of hydrogen-bond acceptors (Lipinski definition) is 6. The molecule has 1 aromatic heterocycles. The fourth-order valence-corrected chi connectivity index (χ4v) is 5.07. The Labute approximate surface area is 212 Å². The van der Waals surface area contributed by atoms with Crippen molar-refractivity contribution in [3.05, 3.63) is 118 Å². The summed E-state index contributed by atoms with van der Waals surface area (Å²) >= 11 is 1.41. The number of carbonyl (C=O) groups excluding carboxylic acids is 2. The van der Waals surface area contributed by atoms with Gasteiger partial charge in [-0.1, -0.05) is 48.5 Å². The highest BCUT2D eigenvalue weighted by Crippen LogP contribution is 2.44. The van der Waals surface area contributed by atoms with Crippen LogP contribution in [0.1, 0.15) is 22.0 Å². The molecule has 0 spiro atoms. The Morgan fingerprint density at radius 2 is 1.64 bits per heavy atom. The molecular weight excluding hydrogens is 474 g/mol. The monoisotopic (exact) mass is 497 g/mol. The number of Topliss-reactive ketones (excluding diaryl/α,β-unsaturated/α-hetero) is 1. The first-order valence-electron chi connectivity index (χ1n) is 11.3. The van der Waals surface area contributed by atoms with Crippen molar-refractivity contribution in [3.8, 4) is 11.5 Å². The Bertz CT molecular complexity index is 1410. The minimum atomic E-state index is -0.772. The van der Waals surface area contributed by atoms with Gasteiger partial charge in [0.05, 0.1) is 18.2 Å². The molecule has 2 heterocycles. The number of para-hydroxylation sites is 1. The van der Waals surface area contributed by atoms with Gasteiger partial charge >= 0.3 is 0 Å². The molecule has 0 radical (unpaired) electrons. The molecule has 0 bridgehead atoms. The lowest BCUT2D eigenvalue weighted by molar-refractivity contribution is -0.132. The van der Waals surface area contributed by atoms with Crippen LogP contribution in [-0.2, 0) is 16.2 Å². The fourth-order valence-electron chi connectivity index (χ4n) is 4.24. The fraction of sp³-hybridized carbons (Fsp3) is 0.103. The predicted molar refractivity (Wildman–Crippen MR) is 139 cm³/mol. The third-order valence-corrected chi connectivity index (χ3v) is 6.91. The molecule has 0 saturated carbocycles. The summed E-state index contributed by atoms with van der Waals surface area (Å²) < 4.78 is 11.2. The molecule has 1 saturated heterocycles. The van der Waals surface area contributed by atoms with Gasteiger partial charge < -0.3 is 14.6 Å². The van der Waals surface area contributed by atoms with E-state index in [0.717, 1.165) is 10.4 Å². The van der Waals surface area contributed by atoms with Crippen molar-refractivity contribution in [2.45, 2.75) is 12.6 Å². The van der Waals surface area contributed by atoms with Crippen LogP contribution in [0.15, 0.2) is 102 Å². The maximum absolute atomic E-state index is 13.3. The van der Waals surface area contributed by atoms with Gasteiger partial charge in [-0.05, 0) is 53.4 Å². The molecule has 36 heavy (non-hydrogen) atoms. The molecule has 1 atom stereocenters. The van der Waals surface area contributed by atoms with Crippen molar-refractivity contribution in [1.29, 1.82) is 0 Å². The highest BCUT2D eigenvalue weighted by molar-refractivity contribution is 7.10. The molecule has 1 fully saturated rings. The average Bonchev–Trinajstić information content (AvgIpc) is 3.55. The highest BCUT2D eigenvalue weighted by Gasteiger charge is 2.47. The molecule has 0 aliphatic carbocycles. The molecule has 1 amide bonds. The number of anilines is 1. The average molecular weight is 498 g/mol. The second-order valence-corrected chi connectivity index (χ2v) is 9.13. The number of ketones is 1. The van der Waals surface area contributed by atoms with Crippen LogP contribution in [0.4, 0.5) is 5.69 Å². The zero-order valence-corrected chi connectivity index (χ0v) is 20.3. The van der Waals surface area contributed by atoms with E-state index in [4.69, 9.17) is 9.47 Å². The summed E-state index contributed by atoms with van der Waals surface area (Å²) in [5.74, 6) is -0.676. The Kier molecular flexibility index (Phi) is 6.56. The van der Waals surface area contributed by atoms with E-state index in [-0.39, 0.29) is 11.3 Å². The Hall–Kier alpha value is -4.36. The summed E-state index contributed by atoms with van der Waals surface area (Å²) in [5.41, 5.74) is 1.95. The molecule has 6 nitrogen and oxygen atoms in total. The van der Waals surface area contributed by atoms with Crippen molar-refractivity contribution < 1.29 is 24.2 Å². The number of amides is 1. The molecule has 1 unspecified atom stereocenters. The van der Waals surface area contributed by atoms with Gasteiger partial charge in [-0.15, -0.1) is 11.3 Å². The van der Waals surface area contributed by atoms with Crippen LogP contribution < -0.4 is 14.4 Å². The lowest BCUT2D eigenvalue weighted by Gasteiger charge is -2.24. The van der Waals surface area contributed by atoms with Gasteiger partial charge in [0.15, 0.2) is 0 Å². The zero-order valence-electron chi connectivity index (χ0n) is 19.5. The van der Waals surface area contributed by atoms with Crippen molar-refractivity contribution in [2.24, 2.45) is 0 Å². The summed E-state index contributed by atoms with van der Waals surface area (Å²) in [6.07, 6.45) is 0. The maximum Gasteiger partial charge on any atom is 0.300 e. The summed E-state index contributed by atoms with van der Waals surface area (Å²) in [5, 5.41) is 13.1. The molecule has 1 aliphatic heterocycles. The number of nitrogens with zero attached hydrogens (tertiary/aromatic N) is 1. The summed E-state index contributed by atoms with van der Waals surface area (Å²) in [6.45, 7) is 0.415. The number of aliphatic hydroxyl groups is 1. The number of thiophene rings is 1. The summed E-state index contributed by atoms with van der Waals surface area (Å²) in [7, 11) is 1.49. The van der Waals surface area contributed by atoms with E-state index in [9.17, 15) is 14.7 Å². The SMILES string of the molecule is COc1ccccc1/C(O)=C1/C(=O)C(=O)N(c2ccc(OCc3ccccc3)cc2)C1c1cccs1. The first kappa shape index (κ1) is 23.4. The van der Waals surface area contributed by atoms with Crippen molar-refractivity contribution >= 4 is 34.5 Å². The molecule has 180 valence electrons. The number of aliphatic hydroxyl groups excluding tert-OH is 1. The molecular formula is C29H23NO5S. The van der Waals surface area contributed by atoms with Crippen LogP contribution >= 0.6 is 11.3 Å². The van der Waals surface area contributed by atoms with Crippen molar-refractivity contribution in [2.75, 3.05) is 12.0 Å². The van der Waals surface area contributed by atoms with Gasteiger partial charge in [-0.25, -0.2) is 0 Å². The molecule has 4 aromatic rings. The largest absolute Gasteiger partial charge is 0.507 e. The van der Waals surface area contributed by atoms with E-state index >= 15 is 0 Å². The number of benzene rings is 3. The molecule has 3 aromatic carbocycles. The molecule has 5 rings (SSSR count). The molecule has 1 aliphatic rings. The van der Waals surface area contributed by atoms with Gasteiger partial charge in [0.25, 0.3) is 11.7 Å². The minimum absolute atomic E-state index is 0.0244. The Morgan fingerprint density at radius 1 is 0.917 bits per heavy atom. The van der Waals surface area contributed by atoms with Gasteiger partial charge in [0.2, 0.25) is 0 Å². The standard InChI is InChI=1S/C29H23NO5S/c1-34-23-11-6-5-10-22(23)27(31)25-26(24-12-7-17-36-24)30(29(33)28(25)32)20-13-15-21(16-14-20)35-18-19-8-3-2-4-9-19/h2-17,26,31H,18H2,1H3/b27-25-. The van der Waals surface area contributed by atoms with E-state index in [1.54, 1.807) is 48.5 Å². The number of methoxy groups -OCH3 is 1. The smallest absolute Gasteiger partial charge is 0.300 e. The van der Waals surface area contributed by atoms with Gasteiger partial charge in [0.1, 0.15) is 29.9 Å². The zero-order chi connectivity index (χ0) is 25.1. The third-order valence-electron chi connectivity index (χ3n) is 5.98. The Balaban J connectivity index is 1.51. The second-order valence-electron chi connectivity index (χ2n) is 8.15. The quantitative estimate of drug-likeness (QED) is 0.194. The van der Waals surface area contributed by atoms with Crippen LogP contribution in [0.3, 0.4) is 0 Å². The normalized spacial score (nSPS) is 16.8. The van der Waals surface area contributed by atoms with Crippen molar-refractivity contribution in [1.82, 2.24) is 0 Å². The van der Waals surface area contributed by atoms with E-state index in [1.165, 1.54) is 23.3 Å². The molecule has 7 heteroatoms. The van der Waals surface area contributed by atoms with Crippen LogP contribution in [0.5, 0.6) is 11.5 Å². The van der Waals surface area contributed by atoms with Gasteiger partial charge in [0, 0.05) is 10.6 Å². The van der Waals surface area contributed by atoms with Crippen LogP contribution in [0.25, 0.3) is 5.76 Å². The highest BCUT2D eigenvalue weighted by atomic mass is 32.1. The first-order valence-corrected chi connectivity index (χ1v) is 12.2. The van der Waals surface area contributed by atoms with E-state index in [2.05, 4.69) is 0 Å². The Morgan fingerprint density at radius 3 is 2.33 bits per heavy atom. The molecule has 1 N–H and O–H groups in total. The maximum atomic E-state index is 13.3. The minimum Gasteiger partial charge on any atom is -0.507 e. The summed E-state index contributed by atoms with van der Waals surface area (Å²) in [6, 6.07) is 26.6. The second kappa shape index (κ2) is 10.1. The van der Waals surface area contributed by atoms with E-state index < -0.39 is 17.7 Å². The lowest BCUT2D eigenvalue weighted by atomic mass is 9.99. The van der Waals surface area contributed by atoms with Crippen LogP contribution in [-0.4, -0.2) is 23.9 Å². The van der Waals surface area contributed by atoms with Crippen LogP contribution in [0, 0.1) is 0 Å². The first-order chi connectivity index (χ1) is 17.6. The van der Waals surface area contributed by atoms with Crippen molar-refractivity contribution in [3.63, 3.8) is 0 Å². The number of carbonyl (C=O) groups is 2. The predicted octanol–water partition coefficient (Wildman–Crippen LogP) is 5.96. The van der Waals surface area contributed by atoms with Crippen LogP contribution in [0.2, 0.25) is 0 Å². The number of ether oxygens (including phenoxy) is 2. The van der Waals surface area contributed by atoms with Gasteiger partial charge in [-0.3, -0.25) is 14.5 Å². The number of rotatable bonds is 7.